The molecule has 5 nitrogen and oxygen atoms in total. The van der Waals surface area contributed by atoms with Crippen molar-refractivity contribution in [3.63, 3.8) is 0 Å². The standard InChI is InChI=1S/C17H12BrNO4S/c18-12-4-1-10(2-5-12)14(20)8-23-17(22)11-3-6-15-13(7-11)19-16(21)9-24-15/h1-7H,8-9H2,(H,19,21). The van der Waals surface area contributed by atoms with Crippen molar-refractivity contribution in [3.8, 4) is 0 Å². The average Bonchev–Trinajstić information content (AvgIpc) is 2.59. The van der Waals surface area contributed by atoms with Gasteiger partial charge in [0.1, 0.15) is 0 Å². The average molecular weight is 406 g/mol. The minimum atomic E-state index is -0.604. The van der Waals surface area contributed by atoms with Crippen LogP contribution in [0.5, 0.6) is 0 Å². The van der Waals surface area contributed by atoms with Gasteiger partial charge in [-0.1, -0.05) is 28.1 Å². The van der Waals surface area contributed by atoms with Gasteiger partial charge in [-0.15, -0.1) is 11.8 Å². The second-order valence-electron chi connectivity index (χ2n) is 5.05. The van der Waals surface area contributed by atoms with Gasteiger partial charge in [0, 0.05) is 14.9 Å². The second kappa shape index (κ2) is 7.19. The number of anilines is 1. The number of thioether (sulfide) groups is 1. The van der Waals surface area contributed by atoms with E-state index in [1.165, 1.54) is 11.8 Å². The van der Waals surface area contributed by atoms with E-state index in [-0.39, 0.29) is 18.3 Å². The number of ketones is 1. The molecule has 1 aliphatic heterocycles. The quantitative estimate of drug-likeness (QED) is 0.621. The molecule has 122 valence electrons. The molecule has 2 aromatic carbocycles. The largest absolute Gasteiger partial charge is 0.454 e. The number of esters is 1. The van der Waals surface area contributed by atoms with E-state index in [1.807, 2.05) is 0 Å². The Kier molecular flexibility index (Phi) is 5.01. The molecule has 0 aliphatic carbocycles. The molecule has 0 radical (unpaired) electrons. The van der Waals surface area contributed by atoms with Gasteiger partial charge < -0.3 is 10.1 Å². The second-order valence-corrected chi connectivity index (χ2v) is 6.99. The van der Waals surface area contributed by atoms with E-state index < -0.39 is 5.97 Å². The summed E-state index contributed by atoms with van der Waals surface area (Å²) in [6.07, 6.45) is 0. The topological polar surface area (TPSA) is 72.5 Å². The fraction of sp³-hybridized carbons (Fsp3) is 0.118. The van der Waals surface area contributed by atoms with E-state index >= 15 is 0 Å². The van der Waals surface area contributed by atoms with Crippen molar-refractivity contribution < 1.29 is 19.1 Å². The summed E-state index contributed by atoms with van der Waals surface area (Å²) in [5, 5.41) is 2.71. The van der Waals surface area contributed by atoms with Crippen LogP contribution < -0.4 is 5.32 Å². The molecule has 0 aromatic heterocycles. The fourth-order valence-corrected chi connectivity index (χ4v) is 3.20. The summed E-state index contributed by atoms with van der Waals surface area (Å²) in [5.41, 5.74) is 1.35. The zero-order valence-electron chi connectivity index (χ0n) is 12.4. The number of ether oxygens (including phenoxy) is 1. The molecular weight excluding hydrogens is 394 g/mol. The highest BCUT2D eigenvalue weighted by Gasteiger charge is 2.18. The predicted molar refractivity (Wildman–Crippen MR) is 94.6 cm³/mol. The van der Waals surface area contributed by atoms with Gasteiger partial charge in [0.05, 0.1) is 17.0 Å². The lowest BCUT2D eigenvalue weighted by Crippen LogP contribution is -2.19. The number of hydrogen-bond acceptors (Lipinski definition) is 5. The lowest BCUT2D eigenvalue weighted by molar-refractivity contribution is -0.113. The summed E-state index contributed by atoms with van der Waals surface area (Å²) in [4.78, 5) is 36.4. The maximum absolute atomic E-state index is 12.1. The molecule has 0 saturated heterocycles. The third kappa shape index (κ3) is 3.85. The van der Waals surface area contributed by atoms with E-state index in [0.717, 1.165) is 9.37 Å². The van der Waals surface area contributed by atoms with Crippen molar-refractivity contribution in [2.45, 2.75) is 4.90 Å². The van der Waals surface area contributed by atoms with Gasteiger partial charge in [0.25, 0.3) is 0 Å². The van der Waals surface area contributed by atoms with Crippen molar-refractivity contribution in [3.05, 3.63) is 58.1 Å². The van der Waals surface area contributed by atoms with Gasteiger partial charge in [-0.25, -0.2) is 4.79 Å². The van der Waals surface area contributed by atoms with Crippen molar-refractivity contribution in [1.82, 2.24) is 0 Å². The highest BCUT2D eigenvalue weighted by Crippen LogP contribution is 2.32. The zero-order chi connectivity index (χ0) is 17.1. The lowest BCUT2D eigenvalue weighted by atomic mass is 10.1. The van der Waals surface area contributed by atoms with Crippen molar-refractivity contribution in [2.24, 2.45) is 0 Å². The number of benzene rings is 2. The predicted octanol–water partition coefficient (Wildman–Crippen LogP) is 3.53. The van der Waals surface area contributed by atoms with Gasteiger partial charge in [-0.3, -0.25) is 9.59 Å². The van der Waals surface area contributed by atoms with Gasteiger partial charge in [-0.05, 0) is 30.3 Å². The maximum Gasteiger partial charge on any atom is 0.338 e. The van der Waals surface area contributed by atoms with Crippen LogP contribution in [0.25, 0.3) is 0 Å². The first-order valence-electron chi connectivity index (χ1n) is 7.05. The van der Waals surface area contributed by atoms with Crippen molar-refractivity contribution in [1.29, 1.82) is 0 Å². The third-order valence-electron chi connectivity index (χ3n) is 3.35. The Hall–Kier alpha value is -2.12. The molecule has 2 aromatic rings. The summed E-state index contributed by atoms with van der Waals surface area (Å²) >= 11 is 4.71. The van der Waals surface area contributed by atoms with Crippen LogP contribution in [0, 0.1) is 0 Å². The Morgan fingerprint density at radius 1 is 1.12 bits per heavy atom. The molecule has 1 aliphatic rings. The van der Waals surface area contributed by atoms with Gasteiger partial charge >= 0.3 is 5.97 Å². The first-order chi connectivity index (χ1) is 11.5. The van der Waals surface area contributed by atoms with Crippen LogP contribution in [0.15, 0.2) is 51.8 Å². The number of amides is 1. The number of nitrogens with one attached hydrogen (secondary N) is 1. The molecule has 0 spiro atoms. The van der Waals surface area contributed by atoms with Gasteiger partial charge in [0.15, 0.2) is 12.4 Å². The first-order valence-corrected chi connectivity index (χ1v) is 8.83. The van der Waals surface area contributed by atoms with Crippen molar-refractivity contribution in [2.75, 3.05) is 17.7 Å². The molecule has 0 bridgehead atoms. The van der Waals surface area contributed by atoms with Crippen LogP contribution in [-0.4, -0.2) is 30.0 Å². The molecule has 24 heavy (non-hydrogen) atoms. The number of rotatable bonds is 4. The summed E-state index contributed by atoms with van der Waals surface area (Å²) in [6, 6.07) is 11.8. The summed E-state index contributed by atoms with van der Waals surface area (Å²) in [7, 11) is 0. The number of halogens is 1. The Morgan fingerprint density at radius 3 is 2.58 bits per heavy atom. The Balaban J connectivity index is 1.65. The first kappa shape index (κ1) is 16.7. The van der Waals surface area contributed by atoms with Gasteiger partial charge in [0.2, 0.25) is 5.91 Å². The Morgan fingerprint density at radius 2 is 1.83 bits per heavy atom. The summed E-state index contributed by atoms with van der Waals surface area (Å²) in [5.74, 6) is -0.632. The molecule has 0 fully saturated rings. The number of hydrogen-bond donors (Lipinski definition) is 1. The number of fused-ring (bicyclic) bond motifs is 1. The van der Waals surface area contributed by atoms with E-state index in [1.54, 1.807) is 42.5 Å². The highest BCUT2D eigenvalue weighted by atomic mass is 79.9. The number of carbonyl (C=O) groups is 3. The maximum atomic E-state index is 12.1. The highest BCUT2D eigenvalue weighted by molar-refractivity contribution is 9.10. The monoisotopic (exact) mass is 405 g/mol. The lowest BCUT2D eigenvalue weighted by Gasteiger charge is -2.16. The molecule has 1 heterocycles. The molecule has 0 unspecified atom stereocenters. The molecule has 0 saturated carbocycles. The van der Waals surface area contributed by atoms with E-state index in [4.69, 9.17) is 4.74 Å². The summed E-state index contributed by atoms with van der Waals surface area (Å²) < 4.78 is 5.94. The van der Waals surface area contributed by atoms with E-state index in [9.17, 15) is 14.4 Å². The number of Topliss-reactive ketones (excluding diaryl/α,β-unsaturated/α-hetero) is 1. The minimum Gasteiger partial charge on any atom is -0.454 e. The smallest absolute Gasteiger partial charge is 0.338 e. The van der Waals surface area contributed by atoms with Crippen LogP contribution in [0.1, 0.15) is 20.7 Å². The zero-order valence-corrected chi connectivity index (χ0v) is 14.8. The van der Waals surface area contributed by atoms with Crippen LogP contribution in [-0.2, 0) is 9.53 Å². The molecule has 0 atom stereocenters. The van der Waals surface area contributed by atoms with Crippen LogP contribution >= 0.6 is 27.7 Å². The minimum absolute atomic E-state index is 0.108. The SMILES string of the molecule is O=C1CSc2ccc(C(=O)OCC(=O)c3ccc(Br)cc3)cc2N1. The summed E-state index contributed by atoms with van der Waals surface area (Å²) in [6.45, 7) is -0.335. The molecule has 7 heteroatoms. The van der Waals surface area contributed by atoms with Crippen LogP contribution in [0.2, 0.25) is 0 Å². The normalized spacial score (nSPS) is 13.0. The fourth-order valence-electron chi connectivity index (χ4n) is 2.14. The molecule has 3 rings (SSSR count). The Labute approximate surface area is 150 Å². The van der Waals surface area contributed by atoms with Crippen LogP contribution in [0.3, 0.4) is 0 Å². The molecular formula is C17H12BrNO4S. The molecule has 1 N–H and O–H groups in total. The Bertz CT molecular complexity index is 820. The van der Waals surface area contributed by atoms with E-state index in [0.29, 0.717) is 22.6 Å². The van der Waals surface area contributed by atoms with Gasteiger partial charge in [-0.2, -0.15) is 0 Å². The molecule has 1 amide bonds. The van der Waals surface area contributed by atoms with Crippen LogP contribution in [0.4, 0.5) is 5.69 Å². The van der Waals surface area contributed by atoms with E-state index in [2.05, 4.69) is 21.2 Å². The number of carbonyl (C=O) groups excluding carboxylic acids is 3. The third-order valence-corrected chi connectivity index (χ3v) is 4.95. The van der Waals surface area contributed by atoms with Crippen molar-refractivity contribution >= 4 is 51.0 Å².